The van der Waals surface area contributed by atoms with Crippen molar-refractivity contribution in [2.75, 3.05) is 33.9 Å². The molecular formula is C32H41F8N7O8. The maximum absolute atomic E-state index is 15.6. The third-order valence-corrected chi connectivity index (χ3v) is 8.88. The first kappa shape index (κ1) is 44.6. The van der Waals surface area contributed by atoms with Gasteiger partial charge in [0.1, 0.15) is 23.7 Å². The Bertz CT molecular complexity index is 1670. The summed E-state index contributed by atoms with van der Waals surface area (Å²) in [6, 6.07) is -1.41. The number of amides is 4. The molecule has 2 heterocycles. The van der Waals surface area contributed by atoms with Gasteiger partial charge in [-0.1, -0.05) is 0 Å². The molecule has 1 aliphatic heterocycles. The van der Waals surface area contributed by atoms with Crippen LogP contribution in [0.4, 0.5) is 44.7 Å². The van der Waals surface area contributed by atoms with Crippen LogP contribution in [0, 0.1) is 22.5 Å². The van der Waals surface area contributed by atoms with Crippen molar-refractivity contribution in [2.45, 2.75) is 77.9 Å². The SMILES string of the molecule is COC(=O)NC(C(=O)NC[C@@H](O)CN(Cc1c(F)cc(-c2cc3n(n2)CCOC3)cc1F)NC(=O)[C@@H](NC(=O)OC)C(C)(C)C(F)(F)F)C(C)(C)C(F)(F)F. The molecule has 1 aliphatic rings. The Hall–Kier alpha value is -4.77. The van der Waals surface area contributed by atoms with E-state index in [1.54, 1.807) is 21.4 Å². The number of aliphatic hydroxyl groups is 1. The van der Waals surface area contributed by atoms with E-state index in [4.69, 9.17) is 4.74 Å². The van der Waals surface area contributed by atoms with Gasteiger partial charge in [0.2, 0.25) is 5.91 Å². The summed E-state index contributed by atoms with van der Waals surface area (Å²) in [6.07, 6.45) is -15.0. The quantitative estimate of drug-likeness (QED) is 0.140. The van der Waals surface area contributed by atoms with Gasteiger partial charge < -0.3 is 35.3 Å². The van der Waals surface area contributed by atoms with Crippen molar-refractivity contribution >= 4 is 24.0 Å². The minimum absolute atomic E-state index is 0.00912. The number of nitrogens with one attached hydrogen (secondary N) is 4. The number of benzene rings is 1. The fourth-order valence-electron chi connectivity index (χ4n) is 5.16. The summed E-state index contributed by atoms with van der Waals surface area (Å²) in [4.78, 5) is 50.1. The molecule has 1 unspecified atom stereocenters. The van der Waals surface area contributed by atoms with Gasteiger partial charge in [-0.15, -0.1) is 0 Å². The van der Waals surface area contributed by atoms with Gasteiger partial charge in [0.15, 0.2) is 0 Å². The summed E-state index contributed by atoms with van der Waals surface area (Å²) in [5.41, 5.74) is -3.86. The molecule has 3 rings (SSSR count). The zero-order valence-electron chi connectivity index (χ0n) is 30.4. The van der Waals surface area contributed by atoms with Crippen LogP contribution in [0.1, 0.15) is 39.0 Å². The number of carbonyl (C=O) groups is 4. The number of carbonyl (C=O) groups excluding carboxylic acids is 4. The molecule has 308 valence electrons. The molecule has 0 saturated carbocycles. The van der Waals surface area contributed by atoms with Crippen molar-refractivity contribution < 1.29 is 73.6 Å². The highest BCUT2D eigenvalue weighted by Crippen LogP contribution is 2.41. The smallest absolute Gasteiger partial charge is 0.407 e. The highest BCUT2D eigenvalue weighted by atomic mass is 19.4. The van der Waals surface area contributed by atoms with E-state index in [1.165, 1.54) is 0 Å². The van der Waals surface area contributed by atoms with E-state index in [0.29, 0.717) is 51.5 Å². The van der Waals surface area contributed by atoms with Crippen LogP contribution in [0.2, 0.25) is 0 Å². The van der Waals surface area contributed by atoms with Crippen LogP contribution >= 0.6 is 0 Å². The number of alkyl carbamates (subject to hydrolysis) is 2. The average molecular weight is 804 g/mol. The molecule has 1 aromatic carbocycles. The first-order valence-electron chi connectivity index (χ1n) is 16.3. The lowest BCUT2D eigenvalue weighted by molar-refractivity contribution is -0.221. The van der Waals surface area contributed by atoms with Gasteiger partial charge in [-0.05, 0) is 45.9 Å². The maximum atomic E-state index is 15.6. The lowest BCUT2D eigenvalue weighted by Crippen LogP contribution is -2.62. The number of hydrazine groups is 1. The highest BCUT2D eigenvalue weighted by Gasteiger charge is 2.57. The summed E-state index contributed by atoms with van der Waals surface area (Å²) in [6.45, 7) is 0.444. The Morgan fingerprint density at radius 2 is 1.40 bits per heavy atom. The Balaban J connectivity index is 1.95. The van der Waals surface area contributed by atoms with Crippen LogP contribution in [-0.2, 0) is 43.5 Å². The van der Waals surface area contributed by atoms with Crippen molar-refractivity contribution in [1.29, 1.82) is 0 Å². The Labute approximate surface area is 309 Å². The molecule has 0 spiro atoms. The van der Waals surface area contributed by atoms with Crippen LogP contribution in [-0.4, -0.2) is 108 Å². The highest BCUT2D eigenvalue weighted by molar-refractivity contribution is 5.87. The average Bonchev–Trinajstić information content (AvgIpc) is 3.53. The number of aliphatic hydroxyl groups excluding tert-OH is 1. The normalized spacial score (nSPS) is 15.3. The maximum Gasteiger partial charge on any atom is 0.407 e. The van der Waals surface area contributed by atoms with E-state index in [1.807, 2.05) is 10.7 Å². The number of halogens is 8. The molecule has 4 amide bonds. The number of fused-ring (bicyclic) bond motifs is 1. The van der Waals surface area contributed by atoms with Gasteiger partial charge in [0.05, 0.1) is 62.3 Å². The predicted molar refractivity (Wildman–Crippen MR) is 173 cm³/mol. The van der Waals surface area contributed by atoms with Crippen LogP contribution in [0.25, 0.3) is 11.3 Å². The van der Waals surface area contributed by atoms with Crippen molar-refractivity contribution in [3.05, 3.63) is 41.1 Å². The van der Waals surface area contributed by atoms with Crippen LogP contribution in [0.3, 0.4) is 0 Å². The first-order chi connectivity index (χ1) is 25.3. The Morgan fingerprint density at radius 3 is 1.87 bits per heavy atom. The lowest BCUT2D eigenvalue weighted by atomic mass is 9.83. The summed E-state index contributed by atoms with van der Waals surface area (Å²) >= 11 is 0. The molecule has 0 aliphatic carbocycles. The number of hydrogen-bond acceptors (Lipinski definition) is 10. The fourth-order valence-corrected chi connectivity index (χ4v) is 5.16. The number of hydrogen-bond donors (Lipinski definition) is 5. The number of methoxy groups -OCH3 is 2. The van der Waals surface area contributed by atoms with E-state index in [-0.39, 0.29) is 17.9 Å². The minimum atomic E-state index is -5.13. The molecule has 0 saturated heterocycles. The standard InChI is InChI=1S/C32H41F8N7O8/c1-29(2,31(35,36)37)23(42-27(51)53-5)25(49)41-12-18(48)13-46(45-26(50)24(43-28(52)54-6)30(3,4)32(38,39)40)14-19-20(33)9-16(10-21(19)34)22-11-17-15-55-8-7-47(17)44-22/h9-11,18,23-24,48H,7-8,12-15H2,1-6H3,(H,41,49)(H,42,51)(H,43,52)(H,45,50)/t18-,23?,24-/m1/s1. The van der Waals surface area contributed by atoms with Gasteiger partial charge in [-0.25, -0.2) is 23.4 Å². The van der Waals surface area contributed by atoms with E-state index < -0.39 is 102 Å². The number of nitrogens with zero attached hydrogens (tertiary/aromatic N) is 3. The monoisotopic (exact) mass is 803 g/mol. The Kier molecular flexibility index (Phi) is 14.1. The number of alkyl halides is 6. The first-order valence-corrected chi connectivity index (χ1v) is 16.3. The molecule has 0 radical (unpaired) electrons. The third kappa shape index (κ3) is 10.7. The lowest BCUT2D eigenvalue weighted by Gasteiger charge is -2.37. The topological polar surface area (TPSA) is 185 Å². The summed E-state index contributed by atoms with van der Waals surface area (Å²) in [7, 11) is 1.64. The van der Waals surface area contributed by atoms with E-state index in [2.05, 4.69) is 14.6 Å². The second kappa shape index (κ2) is 17.4. The molecule has 55 heavy (non-hydrogen) atoms. The third-order valence-electron chi connectivity index (χ3n) is 8.88. The molecule has 2 aromatic rings. The molecule has 0 bridgehead atoms. The number of rotatable bonds is 14. The molecule has 15 nitrogen and oxygen atoms in total. The molecule has 0 fully saturated rings. The van der Waals surface area contributed by atoms with Gasteiger partial charge in [0.25, 0.3) is 5.91 Å². The summed E-state index contributed by atoms with van der Waals surface area (Å²) in [5.74, 6) is -5.49. The second-order valence-electron chi connectivity index (χ2n) is 13.5. The molecule has 5 N–H and O–H groups in total. The Morgan fingerprint density at radius 1 is 0.891 bits per heavy atom. The van der Waals surface area contributed by atoms with E-state index in [0.717, 1.165) is 26.4 Å². The number of ether oxygens (including phenoxy) is 3. The largest absolute Gasteiger partial charge is 0.453 e. The van der Waals surface area contributed by atoms with Crippen LogP contribution in [0.5, 0.6) is 0 Å². The molecular weight excluding hydrogens is 762 g/mol. The van der Waals surface area contributed by atoms with Crippen molar-refractivity contribution in [2.24, 2.45) is 10.8 Å². The minimum Gasteiger partial charge on any atom is -0.453 e. The van der Waals surface area contributed by atoms with Crippen molar-refractivity contribution in [3.8, 4) is 11.3 Å². The van der Waals surface area contributed by atoms with Gasteiger partial charge in [-0.2, -0.15) is 31.4 Å². The van der Waals surface area contributed by atoms with Gasteiger partial charge in [-0.3, -0.25) is 19.7 Å². The summed E-state index contributed by atoms with van der Waals surface area (Å²) < 4.78 is 130. The van der Waals surface area contributed by atoms with Gasteiger partial charge >= 0.3 is 24.5 Å². The molecule has 3 atom stereocenters. The second-order valence-corrected chi connectivity index (χ2v) is 13.5. The zero-order chi connectivity index (χ0) is 41.7. The number of aromatic nitrogens is 2. The van der Waals surface area contributed by atoms with Crippen molar-refractivity contribution in [3.63, 3.8) is 0 Å². The summed E-state index contributed by atoms with van der Waals surface area (Å²) in [5, 5.41) is 21.2. The van der Waals surface area contributed by atoms with Crippen molar-refractivity contribution in [1.82, 2.24) is 36.2 Å². The van der Waals surface area contributed by atoms with E-state index >= 15 is 8.78 Å². The van der Waals surface area contributed by atoms with Gasteiger partial charge in [0, 0.05) is 30.8 Å². The molecule has 23 heteroatoms. The zero-order valence-corrected chi connectivity index (χ0v) is 30.4. The van der Waals surface area contributed by atoms with E-state index in [9.17, 15) is 50.6 Å². The fraction of sp³-hybridized carbons (Fsp3) is 0.594. The van der Waals surface area contributed by atoms with Crippen LogP contribution < -0.4 is 21.4 Å². The van der Waals surface area contributed by atoms with Crippen LogP contribution in [0.15, 0.2) is 18.2 Å². The predicted octanol–water partition coefficient (Wildman–Crippen LogP) is 3.30. The molecule has 1 aromatic heterocycles.